The van der Waals surface area contributed by atoms with Crippen molar-refractivity contribution in [2.24, 2.45) is 11.8 Å². The minimum absolute atomic E-state index is 0.225. The smallest absolute Gasteiger partial charge is 0.158 e. The number of fused-ring (bicyclic) bond motifs is 1. The Kier molecular flexibility index (Phi) is 1.06. The molecule has 0 saturated heterocycles. The third-order valence-electron chi connectivity index (χ3n) is 2.61. The van der Waals surface area contributed by atoms with E-state index in [1.165, 1.54) is 0 Å². The van der Waals surface area contributed by atoms with Crippen LogP contribution in [0.3, 0.4) is 0 Å². The van der Waals surface area contributed by atoms with Crippen LogP contribution in [0.2, 0.25) is 0 Å². The highest BCUT2D eigenvalue weighted by atomic mass is 35.5. The number of carbonyl (C=O) groups is 1. The molecule has 0 N–H and O–H groups in total. The average molecular weight is 157 g/mol. The fraction of sp³-hybridized carbons (Fsp3) is 0.625. The lowest BCUT2D eigenvalue weighted by Crippen LogP contribution is -2.55. The zero-order chi connectivity index (χ0) is 7.35. The van der Waals surface area contributed by atoms with Crippen LogP contribution in [0.1, 0.15) is 13.3 Å². The molecule has 10 heavy (non-hydrogen) atoms. The number of Topliss-reactive ketones (excluding diaryl/α,β-unsaturated/α-hetero) is 1. The van der Waals surface area contributed by atoms with Gasteiger partial charge in [-0.1, -0.05) is 12.2 Å². The van der Waals surface area contributed by atoms with Crippen molar-refractivity contribution in [2.45, 2.75) is 18.2 Å². The van der Waals surface area contributed by atoms with E-state index in [0.717, 1.165) is 6.42 Å². The summed E-state index contributed by atoms with van der Waals surface area (Å²) in [6, 6.07) is 0. The first kappa shape index (κ1) is 6.41. The van der Waals surface area contributed by atoms with Crippen LogP contribution in [0, 0.1) is 11.8 Å². The summed E-state index contributed by atoms with van der Waals surface area (Å²) in [7, 11) is 0. The predicted octanol–water partition coefficient (Wildman–Crippen LogP) is 1.76. The molecule has 2 aliphatic carbocycles. The molecule has 54 valence electrons. The number of halogens is 1. The Balaban J connectivity index is 2.29. The highest BCUT2D eigenvalue weighted by Gasteiger charge is 2.57. The van der Waals surface area contributed by atoms with E-state index in [1.807, 2.05) is 6.92 Å². The van der Waals surface area contributed by atoms with E-state index >= 15 is 0 Å². The summed E-state index contributed by atoms with van der Waals surface area (Å²) in [5.74, 6) is 0.772. The van der Waals surface area contributed by atoms with Gasteiger partial charge in [-0.3, -0.25) is 4.79 Å². The Bertz CT molecular complexity index is 217. The Morgan fingerprint density at radius 2 is 2.50 bits per heavy atom. The first-order valence-electron chi connectivity index (χ1n) is 3.54. The maximum Gasteiger partial charge on any atom is 0.158 e. The van der Waals surface area contributed by atoms with Gasteiger partial charge in [-0.25, -0.2) is 0 Å². The minimum Gasteiger partial charge on any atom is -0.297 e. The van der Waals surface area contributed by atoms with Gasteiger partial charge >= 0.3 is 0 Å². The first-order chi connectivity index (χ1) is 4.64. The molecule has 0 amide bonds. The van der Waals surface area contributed by atoms with E-state index < -0.39 is 4.87 Å². The second kappa shape index (κ2) is 1.65. The number of rotatable bonds is 0. The highest BCUT2D eigenvalue weighted by molar-refractivity contribution is 6.38. The summed E-state index contributed by atoms with van der Waals surface area (Å²) in [4.78, 5) is 10.6. The molecule has 0 bridgehead atoms. The zero-order valence-electron chi connectivity index (χ0n) is 5.80. The fourth-order valence-electron chi connectivity index (χ4n) is 1.91. The van der Waals surface area contributed by atoms with Gasteiger partial charge in [-0.15, -0.1) is 11.6 Å². The van der Waals surface area contributed by atoms with Crippen LogP contribution < -0.4 is 0 Å². The van der Waals surface area contributed by atoms with Crippen molar-refractivity contribution in [3.63, 3.8) is 0 Å². The molecule has 1 nitrogen and oxygen atoms in total. The number of allylic oxidation sites excluding steroid dienone is 2. The van der Waals surface area contributed by atoms with Crippen molar-refractivity contribution in [3.8, 4) is 0 Å². The van der Waals surface area contributed by atoms with E-state index in [1.54, 1.807) is 0 Å². The summed E-state index contributed by atoms with van der Waals surface area (Å²) in [6.07, 6.45) is 5.03. The summed E-state index contributed by atoms with van der Waals surface area (Å²) >= 11 is 5.96. The van der Waals surface area contributed by atoms with Crippen LogP contribution in [0.15, 0.2) is 12.2 Å². The van der Waals surface area contributed by atoms with Gasteiger partial charge in [0, 0.05) is 11.8 Å². The molecule has 0 aromatic carbocycles. The fourth-order valence-corrected chi connectivity index (χ4v) is 2.28. The summed E-state index contributed by atoms with van der Waals surface area (Å²) < 4.78 is 0. The average Bonchev–Trinajstić information content (AvgIpc) is 2.31. The Hall–Kier alpha value is -0.300. The highest BCUT2D eigenvalue weighted by Crippen LogP contribution is 2.50. The summed E-state index contributed by atoms with van der Waals surface area (Å²) in [5, 5.41) is 0. The molecule has 0 spiro atoms. The van der Waals surface area contributed by atoms with Crippen LogP contribution in [0.25, 0.3) is 0 Å². The van der Waals surface area contributed by atoms with Gasteiger partial charge in [0.15, 0.2) is 5.78 Å². The monoisotopic (exact) mass is 156 g/mol. The van der Waals surface area contributed by atoms with E-state index in [0.29, 0.717) is 5.92 Å². The van der Waals surface area contributed by atoms with Gasteiger partial charge in [-0.2, -0.15) is 0 Å². The van der Waals surface area contributed by atoms with Crippen LogP contribution in [-0.4, -0.2) is 10.7 Å². The Labute approximate surface area is 65.1 Å². The molecular weight excluding hydrogens is 148 g/mol. The van der Waals surface area contributed by atoms with Gasteiger partial charge in [0.05, 0.1) is 0 Å². The third-order valence-corrected chi connectivity index (χ3v) is 3.05. The van der Waals surface area contributed by atoms with Crippen LogP contribution in [-0.2, 0) is 4.79 Å². The third kappa shape index (κ3) is 0.523. The largest absolute Gasteiger partial charge is 0.297 e. The van der Waals surface area contributed by atoms with Gasteiger partial charge in [0.2, 0.25) is 0 Å². The first-order valence-corrected chi connectivity index (χ1v) is 3.91. The van der Waals surface area contributed by atoms with Gasteiger partial charge in [0.1, 0.15) is 4.87 Å². The number of hydrogen-bond donors (Lipinski definition) is 0. The lowest BCUT2D eigenvalue weighted by atomic mass is 9.65. The van der Waals surface area contributed by atoms with Gasteiger partial charge < -0.3 is 0 Å². The molecule has 3 atom stereocenters. The standard InChI is InChI=1S/C8H9ClO/c1-8(9)6-4-2-3-5(6)7(8)10/h2,4-6H,3H2,1H3/t5-,6+,8-/m0/s1. The van der Waals surface area contributed by atoms with Crippen molar-refractivity contribution >= 4 is 17.4 Å². The molecule has 0 aromatic heterocycles. The molecule has 1 fully saturated rings. The van der Waals surface area contributed by atoms with Crippen molar-refractivity contribution < 1.29 is 4.79 Å². The molecule has 0 heterocycles. The quantitative estimate of drug-likeness (QED) is 0.386. The van der Waals surface area contributed by atoms with Crippen LogP contribution >= 0.6 is 11.6 Å². The molecule has 0 aromatic rings. The summed E-state index contributed by atoms with van der Waals surface area (Å²) in [6.45, 7) is 1.81. The lowest BCUT2D eigenvalue weighted by Gasteiger charge is -2.43. The molecule has 2 heteroatoms. The van der Waals surface area contributed by atoms with Gasteiger partial charge in [-0.05, 0) is 13.3 Å². The lowest BCUT2D eigenvalue weighted by molar-refractivity contribution is -0.135. The SMILES string of the molecule is C[C@@]1(Cl)C(=O)[C@H]2CC=C[C@H]21. The van der Waals surface area contributed by atoms with Crippen molar-refractivity contribution in [1.29, 1.82) is 0 Å². The maximum atomic E-state index is 11.2. The zero-order valence-corrected chi connectivity index (χ0v) is 6.56. The van der Waals surface area contributed by atoms with E-state index in [2.05, 4.69) is 12.2 Å². The number of alkyl halides is 1. The molecule has 0 aliphatic heterocycles. The molecule has 0 radical (unpaired) electrons. The van der Waals surface area contributed by atoms with E-state index in [9.17, 15) is 4.79 Å². The Morgan fingerprint density at radius 1 is 1.80 bits per heavy atom. The topological polar surface area (TPSA) is 17.1 Å². The van der Waals surface area contributed by atoms with Crippen molar-refractivity contribution in [3.05, 3.63) is 12.2 Å². The molecule has 0 unspecified atom stereocenters. The molecule has 1 saturated carbocycles. The van der Waals surface area contributed by atoms with E-state index in [4.69, 9.17) is 11.6 Å². The van der Waals surface area contributed by atoms with Gasteiger partial charge in [0.25, 0.3) is 0 Å². The second-order valence-electron chi connectivity index (χ2n) is 3.24. The van der Waals surface area contributed by atoms with Crippen molar-refractivity contribution in [1.82, 2.24) is 0 Å². The second-order valence-corrected chi connectivity index (χ2v) is 4.02. The molecule has 2 rings (SSSR count). The number of carbonyl (C=O) groups excluding carboxylic acids is 1. The number of hydrogen-bond acceptors (Lipinski definition) is 1. The number of ketones is 1. The molecular formula is C8H9ClO. The minimum atomic E-state index is -0.572. The Morgan fingerprint density at radius 3 is 3.10 bits per heavy atom. The van der Waals surface area contributed by atoms with Crippen LogP contribution in [0.5, 0.6) is 0 Å². The summed E-state index contributed by atoms with van der Waals surface area (Å²) in [5.41, 5.74) is 0. The van der Waals surface area contributed by atoms with E-state index in [-0.39, 0.29) is 11.7 Å². The predicted molar refractivity (Wildman–Crippen MR) is 40.0 cm³/mol. The molecule has 2 aliphatic rings. The maximum absolute atomic E-state index is 11.2. The van der Waals surface area contributed by atoms with Crippen LogP contribution in [0.4, 0.5) is 0 Å². The normalized spacial score (nSPS) is 50.8. The van der Waals surface area contributed by atoms with Crippen molar-refractivity contribution in [2.75, 3.05) is 0 Å².